The van der Waals surface area contributed by atoms with Crippen LogP contribution in [-0.2, 0) is 0 Å². The molecule has 0 aromatic heterocycles. The highest BCUT2D eigenvalue weighted by atomic mass is 127. The molecule has 5 heteroatoms. The Balaban J connectivity index is 0.00000220. The summed E-state index contributed by atoms with van der Waals surface area (Å²) in [6.07, 6.45) is 10.5. The summed E-state index contributed by atoms with van der Waals surface area (Å²) in [4.78, 5) is 7.13. The molecule has 0 radical (unpaired) electrons. The van der Waals surface area contributed by atoms with E-state index in [1.807, 2.05) is 0 Å². The van der Waals surface area contributed by atoms with E-state index in [-0.39, 0.29) is 24.0 Å². The normalized spacial score (nSPS) is 25.4. The van der Waals surface area contributed by atoms with Gasteiger partial charge in [0.15, 0.2) is 5.96 Å². The zero-order valence-corrected chi connectivity index (χ0v) is 15.9. The van der Waals surface area contributed by atoms with Gasteiger partial charge in [0, 0.05) is 19.1 Å². The fourth-order valence-electron chi connectivity index (χ4n) is 3.49. The minimum atomic E-state index is 0. The number of hydrogen-bond donors (Lipinski definition) is 2. The van der Waals surface area contributed by atoms with E-state index < -0.39 is 0 Å². The van der Waals surface area contributed by atoms with Gasteiger partial charge in [-0.25, -0.2) is 0 Å². The van der Waals surface area contributed by atoms with Crippen molar-refractivity contribution in [2.75, 3.05) is 26.2 Å². The van der Waals surface area contributed by atoms with E-state index in [1.54, 1.807) is 0 Å². The van der Waals surface area contributed by atoms with Crippen LogP contribution in [0.2, 0.25) is 0 Å². The Morgan fingerprint density at radius 3 is 2.57 bits per heavy atom. The first kappa shape index (κ1) is 19.0. The molecule has 0 aromatic rings. The second-order valence-electron chi connectivity index (χ2n) is 6.51. The van der Waals surface area contributed by atoms with Crippen LogP contribution >= 0.6 is 24.0 Å². The standard InChI is InChI=1S/C16H32N4.HI/c1-2-10-20-11-9-14(13-20)12-18-16(17)19-15-7-5-3-4-6-8-15;/h14-15H,2-13H2,1H3,(H3,17,18,19);1H. The minimum absolute atomic E-state index is 0. The van der Waals surface area contributed by atoms with Crippen molar-refractivity contribution in [3.63, 3.8) is 0 Å². The maximum atomic E-state index is 6.05. The van der Waals surface area contributed by atoms with Gasteiger partial charge in [0.05, 0.1) is 0 Å². The first-order valence-electron chi connectivity index (χ1n) is 8.56. The smallest absolute Gasteiger partial charge is 0.188 e. The van der Waals surface area contributed by atoms with Crippen LogP contribution in [0.1, 0.15) is 58.3 Å². The highest BCUT2D eigenvalue weighted by Gasteiger charge is 2.21. The van der Waals surface area contributed by atoms with Gasteiger partial charge in [0.2, 0.25) is 0 Å². The first-order chi connectivity index (χ1) is 9.78. The number of nitrogens with two attached hydrogens (primary N) is 1. The molecule has 0 amide bonds. The van der Waals surface area contributed by atoms with Gasteiger partial charge in [-0.15, -0.1) is 24.0 Å². The Bertz CT molecular complexity index is 301. The molecule has 1 saturated carbocycles. The number of nitrogens with one attached hydrogen (secondary N) is 1. The molecule has 2 fully saturated rings. The van der Waals surface area contributed by atoms with Crippen LogP contribution < -0.4 is 11.1 Å². The van der Waals surface area contributed by atoms with Crippen LogP contribution in [0.3, 0.4) is 0 Å². The Morgan fingerprint density at radius 2 is 1.90 bits per heavy atom. The molecule has 1 saturated heterocycles. The fourth-order valence-corrected chi connectivity index (χ4v) is 3.49. The third kappa shape index (κ3) is 7.17. The number of nitrogens with zero attached hydrogens (tertiary/aromatic N) is 2. The summed E-state index contributed by atoms with van der Waals surface area (Å²) in [6.45, 7) is 6.82. The van der Waals surface area contributed by atoms with E-state index in [0.29, 0.717) is 17.9 Å². The van der Waals surface area contributed by atoms with Crippen LogP contribution in [0.25, 0.3) is 0 Å². The van der Waals surface area contributed by atoms with Crippen LogP contribution in [0.5, 0.6) is 0 Å². The highest BCUT2D eigenvalue weighted by Crippen LogP contribution is 2.18. The maximum absolute atomic E-state index is 6.05. The summed E-state index contributed by atoms with van der Waals surface area (Å²) in [5.74, 6) is 1.38. The van der Waals surface area contributed by atoms with Crippen molar-refractivity contribution in [1.29, 1.82) is 0 Å². The van der Waals surface area contributed by atoms with Crippen LogP contribution in [0.4, 0.5) is 0 Å². The molecule has 0 aromatic carbocycles. The predicted molar refractivity (Wildman–Crippen MR) is 101 cm³/mol. The molecule has 0 spiro atoms. The van der Waals surface area contributed by atoms with Crippen molar-refractivity contribution >= 4 is 29.9 Å². The lowest BCUT2D eigenvalue weighted by atomic mass is 10.1. The summed E-state index contributed by atoms with van der Waals surface area (Å²) in [6, 6.07) is 0.557. The lowest BCUT2D eigenvalue weighted by molar-refractivity contribution is 0.326. The second kappa shape index (κ2) is 10.6. The molecule has 0 bridgehead atoms. The summed E-state index contributed by atoms with van der Waals surface area (Å²) in [7, 11) is 0. The van der Waals surface area contributed by atoms with Crippen LogP contribution in [0.15, 0.2) is 4.99 Å². The quantitative estimate of drug-likeness (QED) is 0.318. The third-order valence-corrected chi connectivity index (χ3v) is 4.64. The lowest BCUT2D eigenvalue weighted by Crippen LogP contribution is -2.40. The van der Waals surface area contributed by atoms with Crippen molar-refractivity contribution in [3.8, 4) is 0 Å². The molecule has 1 atom stereocenters. The van der Waals surface area contributed by atoms with E-state index >= 15 is 0 Å². The van der Waals surface area contributed by atoms with Gasteiger partial charge in [-0.05, 0) is 44.7 Å². The van der Waals surface area contributed by atoms with Gasteiger partial charge < -0.3 is 16.0 Å². The van der Waals surface area contributed by atoms with Gasteiger partial charge in [-0.2, -0.15) is 0 Å². The molecule has 1 unspecified atom stereocenters. The van der Waals surface area contributed by atoms with Crippen molar-refractivity contribution < 1.29 is 0 Å². The molecule has 1 heterocycles. The van der Waals surface area contributed by atoms with E-state index in [2.05, 4.69) is 22.1 Å². The minimum Gasteiger partial charge on any atom is -0.370 e. The Labute approximate surface area is 147 Å². The number of aliphatic imine (C=N–C) groups is 1. The summed E-state index contributed by atoms with van der Waals surface area (Å²) in [5, 5.41) is 3.43. The van der Waals surface area contributed by atoms with Gasteiger partial charge >= 0.3 is 0 Å². The molecule has 4 nitrogen and oxygen atoms in total. The third-order valence-electron chi connectivity index (χ3n) is 4.64. The summed E-state index contributed by atoms with van der Waals surface area (Å²) in [5.41, 5.74) is 6.05. The van der Waals surface area contributed by atoms with Gasteiger partial charge in [-0.1, -0.05) is 32.6 Å². The number of hydrogen-bond acceptors (Lipinski definition) is 2. The predicted octanol–water partition coefficient (Wildman–Crippen LogP) is 2.96. The fraction of sp³-hybridized carbons (Fsp3) is 0.938. The highest BCUT2D eigenvalue weighted by molar-refractivity contribution is 14.0. The average molecular weight is 408 g/mol. The van der Waals surface area contributed by atoms with Gasteiger partial charge in [0.1, 0.15) is 0 Å². The summed E-state index contributed by atoms with van der Waals surface area (Å²) < 4.78 is 0. The maximum Gasteiger partial charge on any atom is 0.188 e. The zero-order valence-electron chi connectivity index (χ0n) is 13.5. The molecular formula is C16H33IN4. The van der Waals surface area contributed by atoms with E-state index in [1.165, 1.54) is 71.0 Å². The SMILES string of the molecule is CCCN1CCC(CN=C(N)NC2CCCCCC2)C1.I. The van der Waals surface area contributed by atoms with E-state index in [9.17, 15) is 0 Å². The van der Waals surface area contributed by atoms with E-state index in [0.717, 1.165) is 6.54 Å². The monoisotopic (exact) mass is 408 g/mol. The summed E-state index contributed by atoms with van der Waals surface area (Å²) >= 11 is 0. The zero-order chi connectivity index (χ0) is 14.2. The number of halogens is 1. The number of likely N-dealkylation sites (tertiary alicyclic amines) is 1. The molecule has 2 rings (SSSR count). The van der Waals surface area contributed by atoms with Crippen molar-refractivity contribution in [1.82, 2.24) is 10.2 Å². The largest absolute Gasteiger partial charge is 0.370 e. The molecule has 2 aliphatic rings. The van der Waals surface area contributed by atoms with Crippen molar-refractivity contribution in [3.05, 3.63) is 0 Å². The van der Waals surface area contributed by atoms with Crippen molar-refractivity contribution in [2.45, 2.75) is 64.3 Å². The lowest BCUT2D eigenvalue weighted by Gasteiger charge is -2.17. The molecule has 21 heavy (non-hydrogen) atoms. The van der Waals surface area contributed by atoms with Crippen molar-refractivity contribution in [2.24, 2.45) is 16.6 Å². The molecule has 1 aliphatic heterocycles. The number of rotatable bonds is 5. The molecule has 1 aliphatic carbocycles. The first-order valence-corrected chi connectivity index (χ1v) is 8.56. The van der Waals surface area contributed by atoms with E-state index in [4.69, 9.17) is 5.73 Å². The van der Waals surface area contributed by atoms with Crippen LogP contribution in [0, 0.1) is 5.92 Å². The Morgan fingerprint density at radius 1 is 1.19 bits per heavy atom. The Hall–Kier alpha value is -0.0400. The second-order valence-corrected chi connectivity index (χ2v) is 6.51. The Kier molecular flexibility index (Phi) is 9.64. The average Bonchev–Trinajstić information content (AvgIpc) is 2.72. The topological polar surface area (TPSA) is 53.6 Å². The van der Waals surface area contributed by atoms with Crippen LogP contribution in [-0.4, -0.2) is 43.1 Å². The van der Waals surface area contributed by atoms with Gasteiger partial charge in [-0.3, -0.25) is 4.99 Å². The molecular weight excluding hydrogens is 375 g/mol. The molecule has 124 valence electrons. The van der Waals surface area contributed by atoms with Gasteiger partial charge in [0.25, 0.3) is 0 Å². The molecule has 3 N–H and O–H groups in total. The number of guanidine groups is 1.